The van der Waals surface area contributed by atoms with Gasteiger partial charge in [-0.05, 0) is 31.2 Å². The second-order valence-corrected chi connectivity index (χ2v) is 5.19. The molecule has 0 fully saturated rings. The Bertz CT molecular complexity index is 865. The zero-order valence-electron chi connectivity index (χ0n) is 13.5. The van der Waals surface area contributed by atoms with Crippen LogP contribution in [0.4, 0.5) is 14.9 Å². The second-order valence-electron chi connectivity index (χ2n) is 5.19. The number of carbonyl (C=O) groups is 1. The lowest BCUT2D eigenvalue weighted by molar-refractivity contribution is 0.251. The molecule has 25 heavy (non-hydrogen) atoms. The molecule has 0 bridgehead atoms. The molecule has 0 aliphatic heterocycles. The van der Waals surface area contributed by atoms with Crippen LogP contribution >= 0.6 is 0 Å². The van der Waals surface area contributed by atoms with Crippen LogP contribution in [-0.2, 0) is 6.54 Å². The number of nitrogens with zero attached hydrogens (tertiary/aromatic N) is 1. The summed E-state index contributed by atoms with van der Waals surface area (Å²) in [6.07, 6.45) is 1.30. The number of nitrogens with one attached hydrogen (secondary N) is 2. The Labute approximate surface area is 143 Å². The van der Waals surface area contributed by atoms with E-state index in [4.69, 9.17) is 9.15 Å². The van der Waals surface area contributed by atoms with E-state index in [1.165, 1.54) is 18.5 Å². The lowest BCUT2D eigenvalue weighted by atomic mass is 10.2. The van der Waals surface area contributed by atoms with Crippen molar-refractivity contribution in [2.24, 2.45) is 0 Å². The quantitative estimate of drug-likeness (QED) is 0.728. The first-order chi connectivity index (χ1) is 12.1. The highest BCUT2D eigenvalue weighted by atomic mass is 19.1. The molecule has 0 aliphatic rings. The molecule has 0 saturated carbocycles. The number of aromatic nitrogens is 1. The molecule has 1 heterocycles. The van der Waals surface area contributed by atoms with Gasteiger partial charge in [0.2, 0.25) is 0 Å². The first-order valence-electron chi connectivity index (χ1n) is 7.58. The molecule has 0 spiro atoms. The molecule has 7 heteroatoms. The summed E-state index contributed by atoms with van der Waals surface area (Å²) in [5.74, 6) is 0.759. The summed E-state index contributed by atoms with van der Waals surface area (Å²) in [5.41, 5.74) is 0.560. The van der Waals surface area contributed by atoms with E-state index in [0.717, 1.165) is 0 Å². The Morgan fingerprint density at radius 2 is 2.00 bits per heavy atom. The van der Waals surface area contributed by atoms with Crippen LogP contribution in [0.25, 0.3) is 0 Å². The molecule has 2 amide bonds. The van der Waals surface area contributed by atoms with Crippen LogP contribution < -0.4 is 15.4 Å². The van der Waals surface area contributed by atoms with Crippen LogP contribution in [-0.4, -0.2) is 11.0 Å². The molecule has 0 unspecified atom stereocenters. The molecule has 2 N–H and O–H groups in total. The number of benzene rings is 2. The van der Waals surface area contributed by atoms with Crippen LogP contribution in [0.1, 0.15) is 11.5 Å². The first-order valence-corrected chi connectivity index (χ1v) is 7.58. The van der Waals surface area contributed by atoms with Crippen molar-refractivity contribution in [3.05, 3.63) is 72.2 Å². The third kappa shape index (κ3) is 4.14. The smallest absolute Gasteiger partial charge is 0.319 e. The van der Waals surface area contributed by atoms with Crippen LogP contribution in [0.3, 0.4) is 0 Å². The molecule has 0 aliphatic carbocycles. The monoisotopic (exact) mass is 341 g/mol. The highest BCUT2D eigenvalue weighted by molar-refractivity contribution is 5.91. The maximum atomic E-state index is 14.1. The topological polar surface area (TPSA) is 76.4 Å². The number of halogens is 1. The van der Waals surface area contributed by atoms with Crippen LogP contribution in [0.5, 0.6) is 11.5 Å². The van der Waals surface area contributed by atoms with Crippen molar-refractivity contribution >= 4 is 11.7 Å². The number of rotatable bonds is 5. The van der Waals surface area contributed by atoms with Gasteiger partial charge in [0.05, 0.1) is 6.54 Å². The van der Waals surface area contributed by atoms with Crippen molar-refractivity contribution in [3.8, 4) is 11.5 Å². The molecule has 0 saturated heterocycles. The van der Waals surface area contributed by atoms with Gasteiger partial charge in [-0.15, -0.1) is 0 Å². The van der Waals surface area contributed by atoms with Crippen molar-refractivity contribution in [2.45, 2.75) is 13.5 Å². The first kappa shape index (κ1) is 16.5. The predicted molar refractivity (Wildman–Crippen MR) is 90.0 cm³/mol. The fourth-order valence-electron chi connectivity index (χ4n) is 2.15. The molecule has 6 nitrogen and oxygen atoms in total. The third-order valence-corrected chi connectivity index (χ3v) is 3.45. The van der Waals surface area contributed by atoms with E-state index >= 15 is 0 Å². The SMILES string of the molecule is Cc1ocnc1CNC(=O)Nc1c(F)cccc1Oc1ccccc1. The van der Waals surface area contributed by atoms with Gasteiger partial charge in [-0.2, -0.15) is 0 Å². The summed E-state index contributed by atoms with van der Waals surface area (Å²) < 4.78 is 24.8. The zero-order valence-corrected chi connectivity index (χ0v) is 13.5. The predicted octanol–water partition coefficient (Wildman–Crippen LogP) is 4.24. The van der Waals surface area contributed by atoms with Gasteiger partial charge in [-0.1, -0.05) is 24.3 Å². The number of aryl methyl sites for hydroxylation is 1. The molecule has 1 aromatic heterocycles. The van der Waals surface area contributed by atoms with Crippen LogP contribution in [0.2, 0.25) is 0 Å². The number of carbonyl (C=O) groups excluding carboxylic acids is 1. The van der Waals surface area contributed by atoms with Crippen LogP contribution in [0, 0.1) is 12.7 Å². The van der Waals surface area contributed by atoms with E-state index in [1.807, 2.05) is 6.07 Å². The Balaban J connectivity index is 1.70. The summed E-state index contributed by atoms with van der Waals surface area (Å²) in [4.78, 5) is 16.1. The van der Waals surface area contributed by atoms with Gasteiger partial charge in [-0.25, -0.2) is 14.2 Å². The lowest BCUT2D eigenvalue weighted by Crippen LogP contribution is -2.29. The van der Waals surface area contributed by atoms with Gasteiger partial charge >= 0.3 is 6.03 Å². The lowest BCUT2D eigenvalue weighted by Gasteiger charge is -2.13. The Hall–Kier alpha value is -3.35. The molecule has 128 valence electrons. The fourth-order valence-corrected chi connectivity index (χ4v) is 2.15. The molecule has 3 aromatic rings. The van der Waals surface area contributed by atoms with Crippen molar-refractivity contribution in [1.82, 2.24) is 10.3 Å². The summed E-state index contributed by atoms with van der Waals surface area (Å²) in [6.45, 7) is 1.90. The summed E-state index contributed by atoms with van der Waals surface area (Å²) in [5, 5.41) is 5.07. The average Bonchev–Trinajstić information content (AvgIpc) is 3.02. The summed E-state index contributed by atoms with van der Waals surface area (Å²) >= 11 is 0. The van der Waals surface area contributed by atoms with Crippen molar-refractivity contribution in [3.63, 3.8) is 0 Å². The van der Waals surface area contributed by atoms with E-state index in [2.05, 4.69) is 15.6 Å². The Morgan fingerprint density at radius 3 is 2.72 bits per heavy atom. The van der Waals surface area contributed by atoms with Crippen molar-refractivity contribution < 1.29 is 18.3 Å². The largest absolute Gasteiger partial charge is 0.455 e. The number of ether oxygens (including phenoxy) is 1. The van der Waals surface area contributed by atoms with Gasteiger partial charge in [0, 0.05) is 0 Å². The second kappa shape index (κ2) is 7.48. The van der Waals surface area contributed by atoms with E-state index in [9.17, 15) is 9.18 Å². The maximum Gasteiger partial charge on any atom is 0.319 e. The number of hydrogen-bond donors (Lipinski definition) is 2. The molecule has 0 atom stereocenters. The number of para-hydroxylation sites is 2. The highest BCUT2D eigenvalue weighted by Crippen LogP contribution is 2.31. The van der Waals surface area contributed by atoms with Crippen LogP contribution in [0.15, 0.2) is 59.3 Å². The average molecular weight is 341 g/mol. The number of urea groups is 1. The standard InChI is InChI=1S/C18H16FN3O3/c1-12-15(21-11-24-12)10-20-18(23)22-17-14(19)8-5-9-16(17)25-13-6-3-2-4-7-13/h2-9,11H,10H2,1H3,(H2,20,22,23). The Morgan fingerprint density at radius 1 is 1.20 bits per heavy atom. The normalized spacial score (nSPS) is 10.3. The summed E-state index contributed by atoms with van der Waals surface area (Å²) in [6, 6.07) is 12.7. The number of anilines is 1. The number of hydrogen-bond acceptors (Lipinski definition) is 4. The molecular formula is C18H16FN3O3. The Kier molecular flexibility index (Phi) is 4.94. The minimum atomic E-state index is -0.596. The van der Waals surface area contributed by atoms with Gasteiger partial charge in [-0.3, -0.25) is 0 Å². The van der Waals surface area contributed by atoms with Crippen molar-refractivity contribution in [1.29, 1.82) is 0 Å². The maximum absolute atomic E-state index is 14.1. The molecule has 3 rings (SSSR count). The highest BCUT2D eigenvalue weighted by Gasteiger charge is 2.14. The van der Waals surface area contributed by atoms with Gasteiger partial charge in [0.25, 0.3) is 0 Å². The van der Waals surface area contributed by atoms with E-state index in [0.29, 0.717) is 17.2 Å². The third-order valence-electron chi connectivity index (χ3n) is 3.45. The minimum Gasteiger partial charge on any atom is -0.455 e. The molecule has 0 radical (unpaired) electrons. The van der Waals surface area contributed by atoms with Crippen molar-refractivity contribution in [2.75, 3.05) is 5.32 Å². The van der Waals surface area contributed by atoms with E-state index in [1.54, 1.807) is 37.3 Å². The number of oxazole rings is 1. The van der Waals surface area contributed by atoms with Gasteiger partial charge in [0.1, 0.15) is 22.9 Å². The minimum absolute atomic E-state index is 0.0410. The van der Waals surface area contributed by atoms with E-state index in [-0.39, 0.29) is 18.0 Å². The number of amides is 2. The zero-order chi connectivity index (χ0) is 17.6. The van der Waals surface area contributed by atoms with Gasteiger partial charge in [0.15, 0.2) is 18.0 Å². The van der Waals surface area contributed by atoms with Gasteiger partial charge < -0.3 is 19.8 Å². The molecular weight excluding hydrogens is 325 g/mol. The molecule has 2 aromatic carbocycles. The van der Waals surface area contributed by atoms with E-state index < -0.39 is 11.8 Å². The fraction of sp³-hybridized carbons (Fsp3) is 0.111. The summed E-state index contributed by atoms with van der Waals surface area (Å²) in [7, 11) is 0.